The number of aromatic nitrogens is 2. The summed E-state index contributed by atoms with van der Waals surface area (Å²) in [5.41, 5.74) is 2.25. The molecule has 0 saturated heterocycles. The van der Waals surface area contributed by atoms with Gasteiger partial charge in [0.2, 0.25) is 0 Å². The van der Waals surface area contributed by atoms with E-state index in [9.17, 15) is 4.79 Å². The minimum Gasteiger partial charge on any atom is -0.469 e. The van der Waals surface area contributed by atoms with Crippen molar-refractivity contribution in [1.82, 2.24) is 9.78 Å². The highest BCUT2D eigenvalue weighted by atomic mass is 16.5. The lowest BCUT2D eigenvalue weighted by Crippen LogP contribution is -1.99. The first-order chi connectivity index (χ1) is 9.29. The van der Waals surface area contributed by atoms with Crippen LogP contribution in [0.1, 0.15) is 24.8 Å². The summed E-state index contributed by atoms with van der Waals surface area (Å²) in [6.45, 7) is 0. The second-order valence-electron chi connectivity index (χ2n) is 4.41. The van der Waals surface area contributed by atoms with Crippen molar-refractivity contribution in [1.29, 1.82) is 0 Å². The first-order valence-corrected chi connectivity index (χ1v) is 6.45. The van der Waals surface area contributed by atoms with Gasteiger partial charge in [-0.2, -0.15) is 5.10 Å². The molecule has 0 bridgehead atoms. The smallest absolute Gasteiger partial charge is 0.305 e. The molecule has 0 aliphatic heterocycles. The van der Waals surface area contributed by atoms with E-state index in [1.807, 2.05) is 47.4 Å². The minimum absolute atomic E-state index is 0.139. The molecule has 0 aliphatic carbocycles. The second-order valence-corrected chi connectivity index (χ2v) is 4.41. The molecule has 0 saturated carbocycles. The maximum absolute atomic E-state index is 11.0. The average Bonchev–Trinajstić information content (AvgIpc) is 2.93. The molecule has 0 unspecified atom stereocenters. The molecule has 2 rings (SSSR count). The van der Waals surface area contributed by atoms with Gasteiger partial charge in [0.15, 0.2) is 0 Å². The number of hydrogen-bond acceptors (Lipinski definition) is 3. The van der Waals surface area contributed by atoms with Crippen LogP contribution in [-0.2, 0) is 16.0 Å². The van der Waals surface area contributed by atoms with E-state index in [1.165, 1.54) is 12.7 Å². The van der Waals surface area contributed by atoms with Crippen molar-refractivity contribution in [2.75, 3.05) is 7.11 Å². The number of aryl methyl sites for hydroxylation is 1. The quantitative estimate of drug-likeness (QED) is 0.591. The Bertz CT molecular complexity index is 520. The number of nitrogens with zero attached hydrogens (tertiary/aromatic N) is 2. The summed E-state index contributed by atoms with van der Waals surface area (Å²) in [6, 6.07) is 10.0. The maximum atomic E-state index is 11.0. The van der Waals surface area contributed by atoms with Gasteiger partial charge in [-0.3, -0.25) is 4.79 Å². The Hall–Kier alpha value is -2.10. The summed E-state index contributed by atoms with van der Waals surface area (Å²) in [7, 11) is 1.42. The normalized spacial score (nSPS) is 10.4. The summed E-state index contributed by atoms with van der Waals surface area (Å²) in [5.74, 6) is -0.139. The van der Waals surface area contributed by atoms with Crippen LogP contribution in [0.25, 0.3) is 5.69 Å². The number of carbonyl (C=O) groups excluding carboxylic acids is 1. The van der Waals surface area contributed by atoms with Gasteiger partial charge in [-0.15, -0.1) is 0 Å². The fraction of sp³-hybridized carbons (Fsp3) is 0.333. The molecule has 2 aromatic rings. The van der Waals surface area contributed by atoms with E-state index in [0.29, 0.717) is 6.42 Å². The summed E-state index contributed by atoms with van der Waals surface area (Å²) in [4.78, 5) is 11.0. The highest BCUT2D eigenvalue weighted by Gasteiger charge is 2.02. The summed E-state index contributed by atoms with van der Waals surface area (Å²) >= 11 is 0. The first kappa shape index (κ1) is 13.3. The van der Waals surface area contributed by atoms with E-state index in [1.54, 1.807) is 0 Å². The van der Waals surface area contributed by atoms with Crippen molar-refractivity contribution in [2.24, 2.45) is 0 Å². The van der Waals surface area contributed by atoms with Crippen molar-refractivity contribution in [2.45, 2.75) is 25.7 Å². The van der Waals surface area contributed by atoms with E-state index in [0.717, 1.165) is 24.9 Å². The number of methoxy groups -OCH3 is 1. The van der Waals surface area contributed by atoms with Gasteiger partial charge in [0.05, 0.1) is 19.0 Å². The van der Waals surface area contributed by atoms with Crippen LogP contribution >= 0.6 is 0 Å². The third-order valence-corrected chi connectivity index (χ3v) is 2.98. The Labute approximate surface area is 113 Å². The largest absolute Gasteiger partial charge is 0.469 e. The molecule has 0 radical (unpaired) electrons. The summed E-state index contributed by atoms with van der Waals surface area (Å²) < 4.78 is 6.48. The zero-order valence-electron chi connectivity index (χ0n) is 11.1. The molecule has 1 aromatic carbocycles. The Morgan fingerprint density at radius 3 is 2.79 bits per heavy atom. The Morgan fingerprint density at radius 1 is 1.26 bits per heavy atom. The van der Waals surface area contributed by atoms with E-state index in [4.69, 9.17) is 0 Å². The SMILES string of the molecule is COC(=O)CCCCc1cnn(-c2ccccc2)c1. The highest BCUT2D eigenvalue weighted by molar-refractivity contribution is 5.68. The molecule has 1 heterocycles. The molecule has 1 aromatic heterocycles. The van der Waals surface area contributed by atoms with E-state index >= 15 is 0 Å². The minimum atomic E-state index is -0.139. The summed E-state index contributed by atoms with van der Waals surface area (Å²) in [6.07, 6.45) is 7.16. The number of ether oxygens (including phenoxy) is 1. The zero-order chi connectivity index (χ0) is 13.5. The number of para-hydroxylation sites is 1. The van der Waals surface area contributed by atoms with E-state index < -0.39 is 0 Å². The molecular formula is C15H18N2O2. The van der Waals surface area contributed by atoms with E-state index in [2.05, 4.69) is 9.84 Å². The van der Waals surface area contributed by atoms with Gasteiger partial charge in [-0.05, 0) is 37.0 Å². The fourth-order valence-electron chi connectivity index (χ4n) is 1.91. The molecule has 4 heteroatoms. The molecule has 0 atom stereocenters. The lowest BCUT2D eigenvalue weighted by atomic mass is 10.1. The predicted octanol–water partition coefficient (Wildman–Crippen LogP) is 2.76. The van der Waals surface area contributed by atoms with Gasteiger partial charge in [-0.1, -0.05) is 18.2 Å². The third-order valence-electron chi connectivity index (χ3n) is 2.98. The van der Waals surface area contributed by atoms with Crippen molar-refractivity contribution < 1.29 is 9.53 Å². The van der Waals surface area contributed by atoms with Gasteiger partial charge >= 0.3 is 5.97 Å². The Kier molecular flexibility index (Phi) is 4.72. The van der Waals surface area contributed by atoms with Gasteiger partial charge in [0, 0.05) is 12.6 Å². The first-order valence-electron chi connectivity index (χ1n) is 6.45. The fourth-order valence-corrected chi connectivity index (χ4v) is 1.91. The Balaban J connectivity index is 1.83. The van der Waals surface area contributed by atoms with Crippen LogP contribution in [0, 0.1) is 0 Å². The lowest BCUT2D eigenvalue weighted by molar-refractivity contribution is -0.140. The predicted molar refractivity (Wildman–Crippen MR) is 73.1 cm³/mol. The van der Waals surface area contributed by atoms with Crippen LogP contribution in [0.5, 0.6) is 0 Å². The van der Waals surface area contributed by atoms with Crippen molar-refractivity contribution in [3.05, 3.63) is 48.3 Å². The maximum Gasteiger partial charge on any atom is 0.305 e. The summed E-state index contributed by atoms with van der Waals surface area (Å²) in [5, 5.41) is 4.34. The standard InChI is InChI=1S/C15H18N2O2/c1-19-15(18)10-6-5-7-13-11-16-17(12-13)14-8-3-2-4-9-14/h2-4,8-9,11-12H,5-7,10H2,1H3. The van der Waals surface area contributed by atoms with Crippen molar-refractivity contribution in [3.8, 4) is 5.69 Å². The van der Waals surface area contributed by atoms with Gasteiger partial charge in [0.25, 0.3) is 0 Å². The van der Waals surface area contributed by atoms with Crippen LogP contribution < -0.4 is 0 Å². The molecular weight excluding hydrogens is 240 g/mol. The topological polar surface area (TPSA) is 44.1 Å². The highest BCUT2D eigenvalue weighted by Crippen LogP contribution is 2.10. The van der Waals surface area contributed by atoms with Gasteiger partial charge in [-0.25, -0.2) is 4.68 Å². The average molecular weight is 258 g/mol. The number of unbranched alkanes of at least 4 members (excludes halogenated alkanes) is 1. The second kappa shape index (κ2) is 6.73. The van der Waals surface area contributed by atoms with Gasteiger partial charge < -0.3 is 4.74 Å². The van der Waals surface area contributed by atoms with Crippen LogP contribution in [0.3, 0.4) is 0 Å². The number of benzene rings is 1. The molecule has 0 N–H and O–H groups in total. The number of esters is 1. The van der Waals surface area contributed by atoms with Crippen LogP contribution in [0.4, 0.5) is 0 Å². The van der Waals surface area contributed by atoms with Crippen molar-refractivity contribution >= 4 is 5.97 Å². The molecule has 4 nitrogen and oxygen atoms in total. The molecule has 100 valence electrons. The number of carbonyl (C=O) groups is 1. The molecule has 0 amide bonds. The Morgan fingerprint density at radius 2 is 2.05 bits per heavy atom. The lowest BCUT2D eigenvalue weighted by Gasteiger charge is -2.00. The molecule has 0 spiro atoms. The molecule has 19 heavy (non-hydrogen) atoms. The molecule has 0 fully saturated rings. The number of rotatable bonds is 6. The van der Waals surface area contributed by atoms with Crippen LogP contribution in [0.2, 0.25) is 0 Å². The zero-order valence-corrected chi connectivity index (χ0v) is 11.1. The van der Waals surface area contributed by atoms with Gasteiger partial charge in [0.1, 0.15) is 0 Å². The monoisotopic (exact) mass is 258 g/mol. The van der Waals surface area contributed by atoms with Crippen molar-refractivity contribution in [3.63, 3.8) is 0 Å². The number of hydrogen-bond donors (Lipinski definition) is 0. The van der Waals surface area contributed by atoms with Crippen LogP contribution in [0.15, 0.2) is 42.7 Å². The van der Waals surface area contributed by atoms with Crippen LogP contribution in [-0.4, -0.2) is 22.9 Å². The van der Waals surface area contributed by atoms with E-state index in [-0.39, 0.29) is 5.97 Å². The molecule has 0 aliphatic rings. The third kappa shape index (κ3) is 3.95.